The fraction of sp³-hybridized carbons (Fsp3) is 0.889. The van der Waals surface area contributed by atoms with E-state index in [1.54, 1.807) is 0 Å². The zero-order valence-corrected chi connectivity index (χ0v) is 13.7. The molecule has 0 saturated heterocycles. The molecule has 10 heavy (non-hydrogen) atoms. The Bertz CT molecular complexity index is 72.8. The normalized spacial score (nSPS) is 26.1. The van der Waals surface area contributed by atoms with E-state index in [1.165, 1.54) is 25.7 Å². The van der Waals surface area contributed by atoms with Crippen LogP contribution in [0.5, 0.6) is 0 Å². The van der Waals surface area contributed by atoms with Gasteiger partial charge >= 0.3 is 0 Å². The van der Waals surface area contributed by atoms with Gasteiger partial charge in [-0.25, -0.2) is 0 Å². The van der Waals surface area contributed by atoms with E-state index in [2.05, 4.69) is 20.3 Å². The molecule has 1 rings (SSSR count). The molecular weight excluding hydrogens is 375 g/mol. The van der Waals surface area contributed by atoms with Crippen LogP contribution in [0.25, 0.3) is 0 Å². The summed E-state index contributed by atoms with van der Waals surface area (Å²) in [6.45, 7) is 4.65. The molecule has 1 heteroatoms. The van der Waals surface area contributed by atoms with Gasteiger partial charge in [-0.1, -0.05) is 39.0 Å². The first-order chi connectivity index (χ1) is 4.30. The summed E-state index contributed by atoms with van der Waals surface area (Å²) < 4.78 is 0. The Hall–Kier alpha value is -1.00. The summed E-state index contributed by atoms with van der Waals surface area (Å²) in [6, 6.07) is 0. The Balaban J connectivity index is 0.000000810. The van der Waals surface area contributed by atoms with Gasteiger partial charge < -0.3 is 6.42 Å². The second-order valence-electron chi connectivity index (χ2n) is 3.43. The van der Waals surface area contributed by atoms with E-state index in [4.69, 9.17) is 0 Å². The average Bonchev–Trinajstić information content (AvgIpc) is 1.90. The van der Waals surface area contributed by atoms with Gasteiger partial charge in [0.25, 0.3) is 0 Å². The third-order valence-electron chi connectivity index (χ3n) is 2.32. The van der Waals surface area contributed by atoms with Crippen molar-refractivity contribution in [2.24, 2.45) is 11.8 Å². The van der Waals surface area contributed by atoms with Crippen LogP contribution in [-0.4, -0.2) is 0 Å². The minimum absolute atomic E-state index is 0. The van der Waals surface area contributed by atoms with Crippen LogP contribution in [0.15, 0.2) is 0 Å². The number of hydrogen-bond donors (Lipinski definition) is 0. The Labute approximate surface area is 58.7 Å². The second-order valence-corrected chi connectivity index (χ2v) is 3.43. The molecule has 0 unspecified atom stereocenters. The predicted octanol–water partition coefficient (Wildman–Crippen LogP) is 3.04. The molecule has 1 atom stereocenters. The van der Waals surface area contributed by atoms with Gasteiger partial charge in [-0.3, -0.25) is 0 Å². The van der Waals surface area contributed by atoms with Crippen LogP contribution in [0.3, 0.4) is 0 Å². The Morgan fingerprint density at radius 1 is 1.30 bits per heavy atom. The summed E-state index contributed by atoms with van der Waals surface area (Å²) in [5.41, 5.74) is 0. The Morgan fingerprint density at radius 3 is 2.30 bits per heavy atom. The van der Waals surface area contributed by atoms with Gasteiger partial charge in [0.2, 0.25) is 0 Å². The first kappa shape index (κ1) is 9.00. The molecule has 0 bridgehead atoms. The molecule has 0 nitrogen and oxygen atoms in total. The SMILES string of the molecule is CC(C)[C@H]1[CH-]CCCC1.[Rf]. The monoisotopic (exact) mass is 392 g/mol. The van der Waals surface area contributed by atoms with Crippen molar-refractivity contribution >= 4 is 0 Å². The van der Waals surface area contributed by atoms with Crippen LogP contribution in [0, 0.1) is 18.3 Å². The molecule has 0 radical (unpaired) electrons. The zero-order chi connectivity index (χ0) is 6.69. The van der Waals surface area contributed by atoms with E-state index in [0.717, 1.165) is 11.8 Å². The first-order valence-corrected chi connectivity index (χ1v) is 4.14. The Morgan fingerprint density at radius 2 is 2.00 bits per heavy atom. The summed E-state index contributed by atoms with van der Waals surface area (Å²) >= 11 is 0. The van der Waals surface area contributed by atoms with Crippen LogP contribution in [0.4, 0.5) is 0 Å². The van der Waals surface area contributed by atoms with Gasteiger partial charge in [0.1, 0.15) is 0 Å². The van der Waals surface area contributed by atoms with Crippen LogP contribution in [0.1, 0.15) is 39.5 Å². The van der Waals surface area contributed by atoms with Gasteiger partial charge in [-0.05, 0) is 0 Å². The summed E-state index contributed by atoms with van der Waals surface area (Å²) in [5.74, 6) is 1.81. The van der Waals surface area contributed by atoms with Crippen LogP contribution in [0.2, 0.25) is 0 Å². The molecule has 1 fully saturated rings. The van der Waals surface area contributed by atoms with E-state index in [-0.39, 0.29) is 0 Å². The van der Waals surface area contributed by atoms with Crippen LogP contribution in [-0.2, 0) is 0 Å². The first-order valence-electron chi connectivity index (χ1n) is 4.14. The molecule has 0 N–H and O–H groups in total. The van der Waals surface area contributed by atoms with Crippen molar-refractivity contribution in [1.29, 1.82) is 0 Å². The van der Waals surface area contributed by atoms with Crippen molar-refractivity contribution in [2.45, 2.75) is 39.5 Å². The van der Waals surface area contributed by atoms with Gasteiger partial charge in [0.15, 0.2) is 0 Å². The van der Waals surface area contributed by atoms with E-state index in [0.29, 0.717) is 0 Å². The largest absolute Gasteiger partial charge is 0.325 e. The second kappa shape index (κ2) is 3.92. The summed E-state index contributed by atoms with van der Waals surface area (Å²) in [4.78, 5) is 0. The molecule has 0 aromatic carbocycles. The van der Waals surface area contributed by atoms with Crippen LogP contribution < -0.4 is 0 Å². The molecule has 1 aliphatic rings. The van der Waals surface area contributed by atoms with Crippen molar-refractivity contribution in [2.75, 3.05) is 0 Å². The summed E-state index contributed by atoms with van der Waals surface area (Å²) in [5, 5.41) is 0. The third kappa shape index (κ3) is 2.08. The molecule has 0 aromatic heterocycles. The molecule has 1 saturated carbocycles. The molecular formula is C9H17Rf-. The quantitative estimate of drug-likeness (QED) is 0.602. The van der Waals surface area contributed by atoms with Gasteiger partial charge in [-0.15, -0.1) is 0 Å². The van der Waals surface area contributed by atoms with E-state index in [9.17, 15) is 0 Å². The van der Waals surface area contributed by atoms with Crippen molar-refractivity contribution in [3.05, 3.63) is 6.42 Å². The van der Waals surface area contributed by atoms with Crippen molar-refractivity contribution in [3.63, 3.8) is 0 Å². The summed E-state index contributed by atoms with van der Waals surface area (Å²) in [6.07, 6.45) is 8.21. The smallest absolute Gasteiger partial charge is 0 e. The average molecular weight is 392 g/mol. The molecule has 0 aliphatic heterocycles. The van der Waals surface area contributed by atoms with Gasteiger partial charge in [0, 0.05) is 0 Å². The maximum atomic E-state index is 2.51. The number of rotatable bonds is 1. The molecule has 0 heterocycles. The molecule has 0 amide bonds. The zero-order valence-electron chi connectivity index (χ0n) is 7.27. The van der Waals surface area contributed by atoms with E-state index in [1.807, 2.05) is 0 Å². The van der Waals surface area contributed by atoms with Gasteiger partial charge in [0.05, 0.1) is 0 Å². The number of hydrogen-bond acceptors (Lipinski definition) is 0. The maximum Gasteiger partial charge on any atom is 0 e. The molecule has 56 valence electrons. The molecule has 0 aromatic rings. The predicted molar refractivity (Wildman–Crippen MR) is 41.1 cm³/mol. The van der Waals surface area contributed by atoms with Crippen LogP contribution >= 0.6 is 0 Å². The van der Waals surface area contributed by atoms with Crippen molar-refractivity contribution in [1.82, 2.24) is 0 Å². The van der Waals surface area contributed by atoms with Crippen molar-refractivity contribution < 1.29 is 0 Å². The van der Waals surface area contributed by atoms with Crippen molar-refractivity contribution in [3.8, 4) is 0 Å². The van der Waals surface area contributed by atoms with Gasteiger partial charge in [-0.2, -0.15) is 12.3 Å². The Kier molecular flexibility index (Phi) is 3.53. The third-order valence-corrected chi connectivity index (χ3v) is 2.32. The summed E-state index contributed by atoms with van der Waals surface area (Å²) in [7, 11) is 0. The topological polar surface area (TPSA) is 0 Å². The molecule has 0 spiro atoms. The minimum Gasteiger partial charge on any atom is -0.325 e. The fourth-order valence-electron chi connectivity index (χ4n) is 1.58. The minimum atomic E-state index is 0. The standard InChI is InChI=1S/C9H17.Rf/c1-8(2)9-6-4-3-5-7-9;/h6,8-9H,3-5,7H2,1-2H3;/q-1;/t9-;/m0./s1. The maximum absolute atomic E-state index is 2.51. The molecule has 1 aliphatic carbocycles. The van der Waals surface area contributed by atoms with E-state index < -0.39 is 0 Å². The van der Waals surface area contributed by atoms with E-state index >= 15 is 0 Å². The fourth-order valence-corrected chi connectivity index (χ4v) is 1.58.